The van der Waals surface area contributed by atoms with Crippen molar-refractivity contribution in [3.05, 3.63) is 53.9 Å². The van der Waals surface area contributed by atoms with Crippen molar-refractivity contribution in [1.29, 1.82) is 0 Å². The Morgan fingerprint density at radius 1 is 1.04 bits per heavy atom. The molecule has 2 atom stereocenters. The van der Waals surface area contributed by atoms with E-state index in [2.05, 4.69) is 26.9 Å². The van der Waals surface area contributed by atoms with Crippen molar-refractivity contribution in [1.82, 2.24) is 14.8 Å². The molecule has 1 amide bonds. The van der Waals surface area contributed by atoms with Crippen LogP contribution < -0.4 is 0 Å². The third kappa shape index (κ3) is 3.46. The van der Waals surface area contributed by atoms with Gasteiger partial charge in [0.1, 0.15) is 0 Å². The summed E-state index contributed by atoms with van der Waals surface area (Å²) >= 11 is 0. The van der Waals surface area contributed by atoms with E-state index in [9.17, 15) is 4.79 Å². The van der Waals surface area contributed by atoms with Gasteiger partial charge in [-0.15, -0.1) is 0 Å². The molecule has 3 saturated heterocycles. The molecule has 28 heavy (non-hydrogen) atoms. The van der Waals surface area contributed by atoms with Crippen LogP contribution in [0.25, 0.3) is 11.1 Å². The van der Waals surface area contributed by atoms with Crippen molar-refractivity contribution >= 4 is 5.91 Å². The van der Waals surface area contributed by atoms with E-state index in [1.807, 2.05) is 37.4 Å². The van der Waals surface area contributed by atoms with E-state index in [0.29, 0.717) is 12.0 Å². The van der Waals surface area contributed by atoms with E-state index >= 15 is 0 Å². The maximum Gasteiger partial charge on any atom is 0.256 e. The normalized spacial score (nSPS) is 25.0. The number of aromatic nitrogens is 1. The van der Waals surface area contributed by atoms with Crippen LogP contribution in [0, 0.1) is 18.8 Å². The molecule has 1 aromatic carbocycles. The molecule has 0 spiro atoms. The highest BCUT2D eigenvalue weighted by Gasteiger charge is 2.39. The molecule has 1 aromatic heterocycles. The van der Waals surface area contributed by atoms with Crippen molar-refractivity contribution in [3.63, 3.8) is 0 Å². The van der Waals surface area contributed by atoms with Crippen LogP contribution in [0.4, 0.5) is 0 Å². The summed E-state index contributed by atoms with van der Waals surface area (Å²) in [6, 6.07) is 12.7. The first kappa shape index (κ1) is 17.9. The first-order valence-electron chi connectivity index (χ1n) is 10.7. The molecule has 4 heterocycles. The molecular formula is C24H29N3O. The number of aryl methyl sites for hydroxylation is 1. The second kappa shape index (κ2) is 7.32. The van der Waals surface area contributed by atoms with Gasteiger partial charge in [-0.25, -0.2) is 0 Å². The molecule has 1 aliphatic carbocycles. The first-order chi connectivity index (χ1) is 13.7. The van der Waals surface area contributed by atoms with Gasteiger partial charge in [0.15, 0.2) is 0 Å². The van der Waals surface area contributed by atoms with Gasteiger partial charge in [-0.05, 0) is 61.6 Å². The highest BCUT2D eigenvalue weighted by molar-refractivity contribution is 6.01. The van der Waals surface area contributed by atoms with Crippen LogP contribution in [0.2, 0.25) is 0 Å². The summed E-state index contributed by atoms with van der Waals surface area (Å²) in [5, 5.41) is 0. The Labute approximate surface area is 167 Å². The smallest absolute Gasteiger partial charge is 0.256 e. The molecule has 0 N–H and O–H groups in total. The molecule has 2 bridgehead atoms. The van der Waals surface area contributed by atoms with E-state index in [4.69, 9.17) is 0 Å². The van der Waals surface area contributed by atoms with Gasteiger partial charge in [0, 0.05) is 38.4 Å². The number of hydrogen-bond acceptors (Lipinski definition) is 3. The van der Waals surface area contributed by atoms with E-state index in [1.54, 1.807) is 0 Å². The molecule has 2 aromatic rings. The summed E-state index contributed by atoms with van der Waals surface area (Å²) in [4.78, 5) is 23.0. The summed E-state index contributed by atoms with van der Waals surface area (Å²) in [7, 11) is 0. The lowest BCUT2D eigenvalue weighted by molar-refractivity contribution is 0.0736. The third-order valence-electron chi connectivity index (χ3n) is 6.74. The molecule has 4 fully saturated rings. The van der Waals surface area contributed by atoms with Gasteiger partial charge in [-0.2, -0.15) is 0 Å². The van der Waals surface area contributed by atoms with Crippen LogP contribution >= 0.6 is 0 Å². The molecule has 0 unspecified atom stereocenters. The van der Waals surface area contributed by atoms with Crippen LogP contribution in [-0.2, 0) is 0 Å². The molecule has 4 heteroatoms. The number of hydrogen-bond donors (Lipinski definition) is 0. The Balaban J connectivity index is 1.44. The zero-order valence-corrected chi connectivity index (χ0v) is 16.7. The van der Waals surface area contributed by atoms with Crippen LogP contribution in [0.3, 0.4) is 0 Å². The molecule has 3 aliphatic heterocycles. The lowest BCUT2D eigenvalue weighted by Gasteiger charge is -2.36. The quantitative estimate of drug-likeness (QED) is 0.810. The van der Waals surface area contributed by atoms with Gasteiger partial charge in [-0.1, -0.05) is 30.3 Å². The molecule has 1 saturated carbocycles. The zero-order chi connectivity index (χ0) is 19.1. The molecular weight excluding hydrogens is 346 g/mol. The van der Waals surface area contributed by atoms with Crippen molar-refractivity contribution in [2.45, 2.75) is 38.6 Å². The Kier molecular flexibility index (Phi) is 4.67. The van der Waals surface area contributed by atoms with E-state index in [0.717, 1.165) is 41.4 Å². The number of nitrogens with zero attached hydrogens (tertiary/aromatic N) is 3. The van der Waals surface area contributed by atoms with Crippen molar-refractivity contribution in [3.8, 4) is 11.1 Å². The number of amides is 1. The van der Waals surface area contributed by atoms with Crippen LogP contribution in [0.5, 0.6) is 0 Å². The highest BCUT2D eigenvalue weighted by atomic mass is 16.2. The Hall–Kier alpha value is -2.20. The first-order valence-corrected chi connectivity index (χ1v) is 10.7. The zero-order valence-electron chi connectivity index (χ0n) is 16.7. The van der Waals surface area contributed by atoms with Gasteiger partial charge in [0.2, 0.25) is 0 Å². The minimum Gasteiger partial charge on any atom is -0.337 e. The molecule has 4 aliphatic rings. The van der Waals surface area contributed by atoms with Crippen molar-refractivity contribution in [2.24, 2.45) is 11.8 Å². The maximum atomic E-state index is 13.7. The van der Waals surface area contributed by atoms with E-state index < -0.39 is 0 Å². The minimum atomic E-state index is 0.162. The summed E-state index contributed by atoms with van der Waals surface area (Å²) < 4.78 is 0. The summed E-state index contributed by atoms with van der Waals surface area (Å²) in [5.41, 5.74) is 3.70. The maximum absolute atomic E-state index is 13.7. The SMILES string of the molecule is Cc1nccc(-c2ccccc2)c1C(=O)N1C[C@H]2CC[C@@H](C1)N(CC1CC1)C2. The predicted octanol–water partition coefficient (Wildman–Crippen LogP) is 4.00. The standard InChI is InChI=1S/C24H29N3O/c1-17-23(22(11-12-25-17)20-5-3-2-4-6-20)24(28)27-15-19-9-10-21(16-27)26(14-19)13-18-7-8-18/h2-6,11-12,18-19,21H,7-10,13-16H2,1H3/t19-,21-/m0/s1. The minimum absolute atomic E-state index is 0.162. The lowest BCUT2D eigenvalue weighted by atomic mass is 9.95. The van der Waals surface area contributed by atoms with Crippen LogP contribution in [0.15, 0.2) is 42.6 Å². The van der Waals surface area contributed by atoms with Gasteiger partial charge in [0.25, 0.3) is 5.91 Å². The van der Waals surface area contributed by atoms with Crippen LogP contribution in [0.1, 0.15) is 41.7 Å². The number of benzene rings is 1. The number of fused-ring (bicyclic) bond motifs is 4. The second-order valence-electron chi connectivity index (χ2n) is 8.89. The second-order valence-corrected chi connectivity index (χ2v) is 8.89. The largest absolute Gasteiger partial charge is 0.337 e. The van der Waals surface area contributed by atoms with E-state index in [-0.39, 0.29) is 5.91 Å². The van der Waals surface area contributed by atoms with Gasteiger partial charge >= 0.3 is 0 Å². The Morgan fingerprint density at radius 3 is 2.64 bits per heavy atom. The van der Waals surface area contributed by atoms with Crippen molar-refractivity contribution < 1.29 is 4.79 Å². The Morgan fingerprint density at radius 2 is 1.86 bits per heavy atom. The predicted molar refractivity (Wildman–Crippen MR) is 111 cm³/mol. The fourth-order valence-corrected chi connectivity index (χ4v) is 5.05. The number of carbonyl (C=O) groups excluding carboxylic acids is 1. The van der Waals surface area contributed by atoms with Gasteiger partial charge in [-0.3, -0.25) is 14.7 Å². The van der Waals surface area contributed by atoms with Gasteiger partial charge in [0.05, 0.1) is 11.3 Å². The molecule has 146 valence electrons. The fourth-order valence-electron chi connectivity index (χ4n) is 5.05. The average Bonchev–Trinajstić information content (AvgIpc) is 3.56. The van der Waals surface area contributed by atoms with Crippen LogP contribution in [-0.4, -0.2) is 52.9 Å². The fraction of sp³-hybridized carbons (Fsp3) is 0.500. The van der Waals surface area contributed by atoms with Gasteiger partial charge < -0.3 is 4.90 Å². The summed E-state index contributed by atoms with van der Waals surface area (Å²) in [5.74, 6) is 1.68. The third-order valence-corrected chi connectivity index (χ3v) is 6.74. The topological polar surface area (TPSA) is 36.4 Å². The average molecular weight is 376 g/mol. The number of pyridine rings is 1. The number of carbonyl (C=O) groups is 1. The molecule has 4 nitrogen and oxygen atoms in total. The highest BCUT2D eigenvalue weighted by Crippen LogP contribution is 2.35. The van der Waals surface area contributed by atoms with Crippen molar-refractivity contribution in [2.75, 3.05) is 26.2 Å². The number of rotatable bonds is 4. The van der Waals surface area contributed by atoms with E-state index in [1.165, 1.54) is 38.8 Å². The molecule has 6 rings (SSSR count). The Bertz CT molecular complexity index is 861. The number of piperidine rings is 1. The summed E-state index contributed by atoms with van der Waals surface area (Å²) in [6.07, 6.45) is 7.10. The monoisotopic (exact) mass is 375 g/mol. The molecule has 0 radical (unpaired) electrons. The summed E-state index contributed by atoms with van der Waals surface area (Å²) in [6.45, 7) is 6.13. The lowest BCUT2D eigenvalue weighted by Crippen LogP contribution is -2.45.